The maximum atomic E-state index is 14.6. The molecular weight excluding hydrogens is 524 g/mol. The molecular formula is C24H24F4N8OS. The summed E-state index contributed by atoms with van der Waals surface area (Å²) in [5, 5.41) is 7.98. The van der Waals surface area contributed by atoms with Gasteiger partial charge in [0.1, 0.15) is 24.5 Å². The standard InChI is InChI=1S/C24H22F4N8O.H2S/c1-13(15-3-4-17(25)20-16(22(37)29-2)5-6-30-21(15)20)8-31-19-7-18(35-12-36-19)14-9-32-23(33-10-14)34-11-24(26,27)28;/h3-7,9-10,12-13H,8,11H2,1-2H3,(H,29,37)(H,31,35,36)(H,32,33,34);1H2/t13-;/m1./s1. The van der Waals surface area contributed by atoms with Crippen LogP contribution in [0, 0.1) is 5.82 Å². The van der Waals surface area contributed by atoms with Gasteiger partial charge in [0.05, 0.1) is 16.8 Å². The SMILES string of the molecule is CNC(=O)c1ccnc2c([C@H](C)CNc3cc(-c4cnc(NCC(F)(F)F)nc4)ncn3)ccc(F)c12.S. The minimum absolute atomic E-state index is 0. The lowest BCUT2D eigenvalue weighted by atomic mass is 9.95. The molecule has 0 fully saturated rings. The molecule has 0 aliphatic carbocycles. The van der Waals surface area contributed by atoms with Crippen LogP contribution in [0.5, 0.6) is 0 Å². The van der Waals surface area contributed by atoms with E-state index in [2.05, 4.69) is 40.9 Å². The van der Waals surface area contributed by atoms with Gasteiger partial charge in [0.2, 0.25) is 5.95 Å². The number of amides is 1. The third-order valence-corrected chi connectivity index (χ3v) is 5.53. The number of carbonyl (C=O) groups excluding carboxylic acids is 1. The fraction of sp³-hybridized carbons (Fsp3) is 0.250. The minimum Gasteiger partial charge on any atom is -0.369 e. The Kier molecular flexibility index (Phi) is 8.99. The summed E-state index contributed by atoms with van der Waals surface area (Å²) in [4.78, 5) is 32.7. The Morgan fingerprint density at radius 2 is 1.76 bits per heavy atom. The molecule has 38 heavy (non-hydrogen) atoms. The van der Waals surface area contributed by atoms with Crippen LogP contribution in [0.3, 0.4) is 0 Å². The molecule has 4 aromatic rings. The predicted octanol–water partition coefficient (Wildman–Crippen LogP) is 4.28. The fourth-order valence-corrected chi connectivity index (χ4v) is 3.68. The van der Waals surface area contributed by atoms with E-state index in [1.54, 1.807) is 12.1 Å². The van der Waals surface area contributed by atoms with E-state index in [1.807, 2.05) is 6.92 Å². The fourth-order valence-electron chi connectivity index (χ4n) is 3.68. The highest BCUT2D eigenvalue weighted by atomic mass is 32.1. The first kappa shape index (κ1) is 28.5. The maximum Gasteiger partial charge on any atom is 0.405 e. The lowest BCUT2D eigenvalue weighted by Crippen LogP contribution is -2.22. The smallest absolute Gasteiger partial charge is 0.369 e. The first-order chi connectivity index (χ1) is 17.7. The summed E-state index contributed by atoms with van der Waals surface area (Å²) in [6, 6.07) is 6.08. The second kappa shape index (κ2) is 12.0. The number of rotatable bonds is 8. The monoisotopic (exact) mass is 548 g/mol. The number of nitrogens with zero attached hydrogens (tertiary/aromatic N) is 5. The summed E-state index contributed by atoms with van der Waals surface area (Å²) in [5.74, 6) is -0.747. The number of benzene rings is 1. The largest absolute Gasteiger partial charge is 0.405 e. The molecule has 0 spiro atoms. The van der Waals surface area contributed by atoms with E-state index in [0.29, 0.717) is 29.1 Å². The van der Waals surface area contributed by atoms with Crippen molar-refractivity contribution >= 4 is 42.1 Å². The second-order valence-electron chi connectivity index (χ2n) is 8.13. The molecule has 3 aromatic heterocycles. The molecule has 0 saturated carbocycles. The zero-order valence-electron chi connectivity index (χ0n) is 20.3. The van der Waals surface area contributed by atoms with Crippen molar-refractivity contribution in [3.8, 4) is 11.3 Å². The highest BCUT2D eigenvalue weighted by Gasteiger charge is 2.27. The molecule has 0 unspecified atom stereocenters. The number of aromatic nitrogens is 5. The molecule has 14 heteroatoms. The van der Waals surface area contributed by atoms with Crippen LogP contribution in [0.15, 0.2) is 49.2 Å². The molecule has 1 aromatic carbocycles. The molecule has 200 valence electrons. The van der Waals surface area contributed by atoms with E-state index in [0.717, 1.165) is 5.56 Å². The molecule has 0 aliphatic rings. The van der Waals surface area contributed by atoms with Gasteiger partial charge in [-0.25, -0.2) is 24.3 Å². The summed E-state index contributed by atoms with van der Waals surface area (Å²) in [7, 11) is 1.48. The number of nitrogens with one attached hydrogen (secondary N) is 3. The van der Waals surface area contributed by atoms with Crippen molar-refractivity contribution in [2.45, 2.75) is 19.0 Å². The maximum absolute atomic E-state index is 14.6. The molecule has 3 heterocycles. The van der Waals surface area contributed by atoms with E-state index < -0.39 is 24.4 Å². The number of pyridine rings is 1. The molecule has 4 rings (SSSR count). The topological polar surface area (TPSA) is 118 Å². The summed E-state index contributed by atoms with van der Waals surface area (Å²) in [5.41, 5.74) is 2.31. The number of hydrogen-bond acceptors (Lipinski definition) is 8. The van der Waals surface area contributed by atoms with Crippen molar-refractivity contribution in [3.05, 3.63) is 66.1 Å². The molecule has 0 radical (unpaired) electrons. The Balaban J connectivity index is 0.00000400. The van der Waals surface area contributed by atoms with Crippen LogP contribution in [0.1, 0.15) is 28.8 Å². The lowest BCUT2D eigenvalue weighted by Gasteiger charge is -2.17. The lowest BCUT2D eigenvalue weighted by molar-refractivity contribution is -0.115. The summed E-state index contributed by atoms with van der Waals surface area (Å²) >= 11 is 0. The molecule has 1 atom stereocenters. The highest BCUT2D eigenvalue weighted by Crippen LogP contribution is 2.29. The third kappa shape index (κ3) is 6.62. The van der Waals surface area contributed by atoms with Gasteiger partial charge in [-0.2, -0.15) is 26.7 Å². The van der Waals surface area contributed by atoms with Crippen LogP contribution in [-0.2, 0) is 0 Å². The third-order valence-electron chi connectivity index (χ3n) is 5.53. The van der Waals surface area contributed by atoms with Crippen molar-refractivity contribution in [2.24, 2.45) is 0 Å². The number of carbonyl (C=O) groups is 1. The van der Waals surface area contributed by atoms with Crippen LogP contribution < -0.4 is 16.0 Å². The zero-order chi connectivity index (χ0) is 26.6. The molecule has 0 bridgehead atoms. The van der Waals surface area contributed by atoms with E-state index in [4.69, 9.17) is 0 Å². The van der Waals surface area contributed by atoms with E-state index >= 15 is 0 Å². The average Bonchev–Trinajstić information content (AvgIpc) is 2.90. The summed E-state index contributed by atoms with van der Waals surface area (Å²) in [6.07, 6.45) is 1.15. The van der Waals surface area contributed by atoms with Crippen LogP contribution in [0.25, 0.3) is 22.2 Å². The van der Waals surface area contributed by atoms with Gasteiger partial charge in [-0.1, -0.05) is 13.0 Å². The van der Waals surface area contributed by atoms with Gasteiger partial charge in [-0.05, 0) is 17.7 Å². The number of fused-ring (bicyclic) bond motifs is 1. The van der Waals surface area contributed by atoms with Crippen molar-refractivity contribution in [3.63, 3.8) is 0 Å². The summed E-state index contributed by atoms with van der Waals surface area (Å²) < 4.78 is 51.7. The Morgan fingerprint density at radius 3 is 2.45 bits per heavy atom. The van der Waals surface area contributed by atoms with Gasteiger partial charge in [-0.3, -0.25) is 9.78 Å². The second-order valence-corrected chi connectivity index (χ2v) is 8.13. The van der Waals surface area contributed by atoms with Gasteiger partial charge >= 0.3 is 6.18 Å². The Bertz CT molecular complexity index is 1420. The molecule has 1 amide bonds. The van der Waals surface area contributed by atoms with E-state index in [9.17, 15) is 22.4 Å². The van der Waals surface area contributed by atoms with Gasteiger partial charge in [-0.15, -0.1) is 0 Å². The Hall–Kier alpha value is -4.07. The van der Waals surface area contributed by atoms with E-state index in [-0.39, 0.29) is 36.3 Å². The minimum atomic E-state index is -4.38. The van der Waals surface area contributed by atoms with Crippen molar-refractivity contribution < 1.29 is 22.4 Å². The van der Waals surface area contributed by atoms with Crippen molar-refractivity contribution in [2.75, 3.05) is 30.8 Å². The van der Waals surface area contributed by atoms with E-state index in [1.165, 1.54) is 44.1 Å². The van der Waals surface area contributed by atoms with Crippen LogP contribution >= 0.6 is 13.5 Å². The normalized spacial score (nSPS) is 11.9. The zero-order valence-corrected chi connectivity index (χ0v) is 21.3. The van der Waals surface area contributed by atoms with Gasteiger partial charge in [0.15, 0.2) is 0 Å². The number of hydrogen-bond donors (Lipinski definition) is 3. The number of halogens is 4. The van der Waals surface area contributed by atoms with Crippen LogP contribution in [-0.4, -0.2) is 57.1 Å². The van der Waals surface area contributed by atoms with Crippen molar-refractivity contribution in [1.29, 1.82) is 0 Å². The summed E-state index contributed by atoms with van der Waals surface area (Å²) in [6.45, 7) is 1.09. The molecule has 0 aliphatic heterocycles. The van der Waals surface area contributed by atoms with Gasteiger partial charge in [0, 0.05) is 55.1 Å². The van der Waals surface area contributed by atoms with Crippen LogP contribution in [0.2, 0.25) is 0 Å². The first-order valence-corrected chi connectivity index (χ1v) is 11.1. The van der Waals surface area contributed by atoms with Crippen molar-refractivity contribution in [1.82, 2.24) is 30.2 Å². The first-order valence-electron chi connectivity index (χ1n) is 11.1. The average molecular weight is 549 g/mol. The molecule has 3 N–H and O–H groups in total. The molecule has 0 saturated heterocycles. The van der Waals surface area contributed by atoms with Crippen LogP contribution in [0.4, 0.5) is 29.3 Å². The quantitative estimate of drug-likeness (QED) is 0.279. The Morgan fingerprint density at radius 1 is 1.03 bits per heavy atom. The molecule has 9 nitrogen and oxygen atoms in total. The van der Waals surface area contributed by atoms with Gasteiger partial charge in [0.25, 0.3) is 5.91 Å². The number of anilines is 2. The number of alkyl halides is 3. The van der Waals surface area contributed by atoms with Gasteiger partial charge < -0.3 is 16.0 Å². The highest BCUT2D eigenvalue weighted by molar-refractivity contribution is 7.59. The predicted molar refractivity (Wildman–Crippen MR) is 140 cm³/mol. The Labute approximate surface area is 222 Å².